The van der Waals surface area contributed by atoms with Crippen LogP contribution in [0.15, 0.2) is 69.1 Å². The van der Waals surface area contributed by atoms with Crippen molar-refractivity contribution < 1.29 is 75.7 Å². The zero-order valence-corrected chi connectivity index (χ0v) is 20.6. The van der Waals surface area contributed by atoms with Crippen LogP contribution in [0, 0.1) is 0 Å². The third-order valence-electron chi connectivity index (χ3n) is 4.78. The molecule has 32 heavy (non-hydrogen) atoms. The van der Waals surface area contributed by atoms with Gasteiger partial charge in [0, 0.05) is 0 Å². The second-order valence-corrected chi connectivity index (χ2v) is 8.10. The second-order valence-electron chi connectivity index (χ2n) is 6.71. The first kappa shape index (κ1) is 24.3. The number of hydrogen-bond donors (Lipinski definition) is 4. The molecule has 0 fully saturated rings. The summed E-state index contributed by atoms with van der Waals surface area (Å²) in [5, 5.41) is 12.2. The summed E-state index contributed by atoms with van der Waals surface area (Å²) in [7, 11) is -4.55. The first-order chi connectivity index (χ1) is 14.7. The van der Waals surface area contributed by atoms with Gasteiger partial charge in [0.1, 0.15) is 5.65 Å². The van der Waals surface area contributed by atoms with Crippen molar-refractivity contribution in [2.24, 2.45) is 0 Å². The van der Waals surface area contributed by atoms with E-state index in [0.717, 1.165) is 4.68 Å². The molecule has 0 saturated carbocycles. The van der Waals surface area contributed by atoms with E-state index in [2.05, 4.69) is 10.1 Å². The van der Waals surface area contributed by atoms with Crippen LogP contribution in [0.3, 0.4) is 0 Å². The fourth-order valence-corrected chi connectivity index (χ4v) is 4.20. The maximum atomic E-state index is 13.0. The monoisotopic (exact) mass is 481 g/mol. The number of carbonyl (C=O) groups is 1. The Labute approximate surface area is 224 Å². The van der Waals surface area contributed by atoms with Gasteiger partial charge in [-0.25, -0.2) is 9.48 Å². The standard InChI is InChI=1S/C20H15N3O7S.K.H/c24-18-14(11-6-2-1-3-7-11)15(20(26)27)16-17(21-18)22-23(19(16)25)10-12-8-4-5-9-13(12)31(28,29)30;;/h1-9H,10H2,(H,26,27)(H2,21,22,24)(H,28,29,30);;/q;+1;-1. The summed E-state index contributed by atoms with van der Waals surface area (Å²) in [5.74, 6) is -1.46. The van der Waals surface area contributed by atoms with E-state index in [1.54, 1.807) is 30.3 Å². The van der Waals surface area contributed by atoms with Crippen LogP contribution in [0.25, 0.3) is 22.2 Å². The van der Waals surface area contributed by atoms with Gasteiger partial charge in [-0.05, 0) is 17.2 Å². The molecule has 0 unspecified atom stereocenters. The summed E-state index contributed by atoms with van der Waals surface area (Å²) >= 11 is 0. The molecule has 12 heteroatoms. The largest absolute Gasteiger partial charge is 1.00 e. The first-order valence-corrected chi connectivity index (χ1v) is 10.4. The van der Waals surface area contributed by atoms with Crippen molar-refractivity contribution in [3.63, 3.8) is 0 Å². The minimum atomic E-state index is -4.55. The van der Waals surface area contributed by atoms with Crippen LogP contribution >= 0.6 is 0 Å². The molecule has 0 aliphatic carbocycles. The molecule has 0 aliphatic rings. The molecule has 0 spiro atoms. The summed E-state index contributed by atoms with van der Waals surface area (Å²) in [4.78, 5) is 39.8. The molecule has 0 amide bonds. The molecule has 2 heterocycles. The third-order valence-corrected chi connectivity index (χ3v) is 5.73. The molecule has 4 rings (SSSR count). The van der Waals surface area contributed by atoms with Crippen LogP contribution in [-0.2, 0) is 16.7 Å². The summed E-state index contributed by atoms with van der Waals surface area (Å²) in [6.45, 7) is -0.314. The number of aromatic carboxylic acids is 1. The molecule has 2 aromatic heterocycles. The number of rotatable bonds is 5. The molecule has 0 atom stereocenters. The van der Waals surface area contributed by atoms with Crippen LogP contribution in [0.4, 0.5) is 0 Å². The van der Waals surface area contributed by atoms with E-state index in [9.17, 15) is 32.5 Å². The van der Waals surface area contributed by atoms with Gasteiger partial charge >= 0.3 is 57.4 Å². The molecule has 10 nitrogen and oxygen atoms in total. The average Bonchev–Trinajstić information content (AvgIpc) is 3.02. The second kappa shape index (κ2) is 9.27. The minimum Gasteiger partial charge on any atom is -1.00 e. The van der Waals surface area contributed by atoms with Crippen molar-refractivity contribution in [1.29, 1.82) is 0 Å². The number of hydrogen-bond acceptors (Lipinski definition) is 5. The number of nitrogens with zero attached hydrogens (tertiary/aromatic N) is 1. The van der Waals surface area contributed by atoms with Crippen LogP contribution in [0.2, 0.25) is 0 Å². The van der Waals surface area contributed by atoms with Crippen molar-refractivity contribution in [2.75, 3.05) is 0 Å². The third kappa shape index (κ3) is 4.43. The van der Waals surface area contributed by atoms with Gasteiger partial charge in [0.25, 0.3) is 21.2 Å². The SMILES string of the molecule is O=C(O)c1c(-c2ccccc2)c(=O)[nH]c2[nH]n(Cc3ccccc3S(=O)(=O)O)c(=O)c12.[H-].[K+]. The Hall–Kier alpha value is -2.32. The van der Waals surface area contributed by atoms with Crippen LogP contribution < -0.4 is 62.5 Å². The molecule has 0 saturated heterocycles. The molecule has 4 N–H and O–H groups in total. The number of carboxylic acids is 1. The van der Waals surface area contributed by atoms with E-state index in [4.69, 9.17) is 0 Å². The van der Waals surface area contributed by atoms with Gasteiger partial charge in [0.2, 0.25) is 0 Å². The van der Waals surface area contributed by atoms with E-state index >= 15 is 0 Å². The molecular weight excluding hydrogens is 465 g/mol. The van der Waals surface area contributed by atoms with Crippen molar-refractivity contribution in [3.05, 3.63) is 86.4 Å². The predicted octanol–water partition coefficient (Wildman–Crippen LogP) is -1.21. The number of H-pyrrole nitrogens is 2. The predicted molar refractivity (Wildman–Crippen MR) is 112 cm³/mol. The number of benzene rings is 2. The van der Waals surface area contributed by atoms with Crippen LogP contribution in [0.1, 0.15) is 17.3 Å². The maximum absolute atomic E-state index is 13.0. The van der Waals surface area contributed by atoms with Gasteiger partial charge in [-0.15, -0.1) is 0 Å². The Morgan fingerprint density at radius 2 is 1.66 bits per heavy atom. The minimum absolute atomic E-state index is 0. The molecule has 0 aliphatic heterocycles. The Morgan fingerprint density at radius 3 is 2.28 bits per heavy atom. The summed E-state index contributed by atoms with van der Waals surface area (Å²) in [6.07, 6.45) is 0. The van der Waals surface area contributed by atoms with E-state index in [-0.39, 0.29) is 81.5 Å². The molecule has 4 aromatic rings. The Bertz CT molecular complexity index is 1560. The van der Waals surface area contributed by atoms with Gasteiger partial charge < -0.3 is 11.5 Å². The molecular formula is C20H16KN3O7S. The van der Waals surface area contributed by atoms with Crippen molar-refractivity contribution in [1.82, 2.24) is 14.8 Å². The molecule has 2 aromatic carbocycles. The number of carboxylic acid groups (broad SMARTS) is 1. The van der Waals surface area contributed by atoms with Crippen molar-refractivity contribution in [3.8, 4) is 11.1 Å². The van der Waals surface area contributed by atoms with E-state index in [0.29, 0.717) is 5.56 Å². The number of pyridine rings is 1. The topological polar surface area (TPSA) is 162 Å². The zero-order valence-electron chi connectivity index (χ0n) is 17.7. The van der Waals surface area contributed by atoms with Crippen LogP contribution in [0.5, 0.6) is 0 Å². The first-order valence-electron chi connectivity index (χ1n) is 8.91. The van der Waals surface area contributed by atoms with E-state index in [1.165, 1.54) is 24.3 Å². The van der Waals surface area contributed by atoms with E-state index in [1.807, 2.05) is 0 Å². The number of aromatic amines is 2. The molecule has 0 bridgehead atoms. The van der Waals surface area contributed by atoms with E-state index < -0.39 is 37.7 Å². The summed E-state index contributed by atoms with van der Waals surface area (Å²) in [6, 6.07) is 13.6. The molecule has 0 radical (unpaired) electrons. The Balaban J connectivity index is 0.00000193. The summed E-state index contributed by atoms with van der Waals surface area (Å²) in [5.41, 5.74) is -1.80. The van der Waals surface area contributed by atoms with Gasteiger partial charge in [-0.3, -0.25) is 19.2 Å². The average molecular weight is 482 g/mol. The van der Waals surface area contributed by atoms with Crippen molar-refractivity contribution >= 4 is 27.1 Å². The smallest absolute Gasteiger partial charge is 1.00 e. The van der Waals surface area contributed by atoms with Gasteiger partial charge in [-0.1, -0.05) is 48.5 Å². The van der Waals surface area contributed by atoms with Gasteiger partial charge in [0.05, 0.1) is 28.0 Å². The van der Waals surface area contributed by atoms with Crippen LogP contribution in [-0.4, -0.2) is 38.8 Å². The number of aromatic nitrogens is 3. The Kier molecular flexibility index (Phi) is 7.05. The normalized spacial score (nSPS) is 11.3. The number of nitrogens with one attached hydrogen (secondary N) is 2. The number of fused-ring (bicyclic) bond motifs is 1. The fourth-order valence-electron chi connectivity index (χ4n) is 3.48. The summed E-state index contributed by atoms with van der Waals surface area (Å²) < 4.78 is 33.6. The van der Waals surface area contributed by atoms with Gasteiger partial charge in [-0.2, -0.15) is 8.42 Å². The fraction of sp³-hybridized carbons (Fsp3) is 0.0500. The Morgan fingerprint density at radius 1 is 1.03 bits per heavy atom. The van der Waals surface area contributed by atoms with Crippen molar-refractivity contribution in [2.45, 2.75) is 11.4 Å². The zero-order chi connectivity index (χ0) is 22.3. The molecule has 160 valence electrons. The maximum Gasteiger partial charge on any atom is 1.00 e. The quantitative estimate of drug-likeness (QED) is 0.205. The van der Waals surface area contributed by atoms with Gasteiger partial charge in [0.15, 0.2) is 0 Å².